The molecule has 0 aliphatic heterocycles. The van der Waals surface area contributed by atoms with Crippen molar-refractivity contribution in [2.45, 2.75) is 58.4 Å². The number of nitrogens with zero attached hydrogens (tertiary/aromatic N) is 1. The minimum absolute atomic E-state index is 0.0426. The zero-order chi connectivity index (χ0) is 15.8. The number of aromatic nitrogens is 1. The molecule has 1 unspecified atom stereocenters. The van der Waals surface area contributed by atoms with Crippen molar-refractivity contribution < 1.29 is 4.79 Å². The van der Waals surface area contributed by atoms with Crippen molar-refractivity contribution in [3.8, 4) is 0 Å². The first-order valence-electron chi connectivity index (χ1n) is 8.37. The lowest BCUT2D eigenvalue weighted by Gasteiger charge is -2.13. The van der Waals surface area contributed by atoms with Crippen LogP contribution in [-0.4, -0.2) is 23.5 Å². The van der Waals surface area contributed by atoms with E-state index in [0.29, 0.717) is 18.2 Å². The summed E-state index contributed by atoms with van der Waals surface area (Å²) in [7, 11) is 0. The third-order valence-corrected chi connectivity index (χ3v) is 4.15. The van der Waals surface area contributed by atoms with Crippen molar-refractivity contribution in [2.75, 3.05) is 11.9 Å². The molecule has 0 bridgehead atoms. The summed E-state index contributed by atoms with van der Waals surface area (Å²) >= 11 is 0. The first-order chi connectivity index (χ1) is 10.7. The summed E-state index contributed by atoms with van der Waals surface area (Å²) in [5.74, 6) is 0.775. The van der Waals surface area contributed by atoms with Crippen LogP contribution in [-0.2, 0) is 0 Å². The van der Waals surface area contributed by atoms with E-state index >= 15 is 0 Å². The number of rotatable bonds is 7. The van der Waals surface area contributed by atoms with Gasteiger partial charge in [-0.3, -0.25) is 4.79 Å². The van der Waals surface area contributed by atoms with Gasteiger partial charge in [0, 0.05) is 18.8 Å². The lowest BCUT2D eigenvalue weighted by atomic mass is 9.97. The molecule has 2 rings (SSSR count). The lowest BCUT2D eigenvalue weighted by Crippen LogP contribution is -2.25. The van der Waals surface area contributed by atoms with Crippen LogP contribution in [0.3, 0.4) is 0 Å². The molecule has 22 heavy (non-hydrogen) atoms. The molecule has 2 N–H and O–H groups in total. The monoisotopic (exact) mass is 301 g/mol. The van der Waals surface area contributed by atoms with Crippen molar-refractivity contribution in [1.29, 1.82) is 0 Å². The van der Waals surface area contributed by atoms with E-state index in [1.807, 2.05) is 12.1 Å². The first kappa shape index (κ1) is 16.5. The van der Waals surface area contributed by atoms with Gasteiger partial charge in [-0.2, -0.15) is 0 Å². The predicted octanol–water partition coefficient (Wildman–Crippen LogP) is 3.91. The molecule has 0 spiro atoms. The molecule has 4 heteroatoms. The Morgan fingerprint density at radius 1 is 1.36 bits per heavy atom. The largest absolute Gasteiger partial charge is 0.368 e. The average molecular weight is 301 g/mol. The number of carbonyl (C=O) groups excluding carboxylic acids is 1. The normalized spacial score (nSPS) is 15.8. The van der Waals surface area contributed by atoms with E-state index in [9.17, 15) is 4.79 Å². The summed E-state index contributed by atoms with van der Waals surface area (Å²) in [6, 6.07) is 4.08. The SMILES string of the molecule is CCC(C)Nc1ccc(C(=O)NCCC2=CCCCC2)cn1. The molecule has 1 aliphatic carbocycles. The molecular formula is C18H27N3O. The van der Waals surface area contributed by atoms with Crippen LogP contribution in [0.2, 0.25) is 0 Å². The molecule has 1 atom stereocenters. The van der Waals surface area contributed by atoms with Gasteiger partial charge < -0.3 is 10.6 Å². The third kappa shape index (κ3) is 5.17. The highest BCUT2D eigenvalue weighted by Crippen LogP contribution is 2.19. The minimum Gasteiger partial charge on any atom is -0.368 e. The van der Waals surface area contributed by atoms with E-state index in [0.717, 1.165) is 18.7 Å². The fourth-order valence-corrected chi connectivity index (χ4v) is 2.54. The minimum atomic E-state index is -0.0426. The van der Waals surface area contributed by atoms with E-state index in [-0.39, 0.29) is 5.91 Å². The molecule has 0 aromatic carbocycles. The van der Waals surface area contributed by atoms with Crippen LogP contribution in [0, 0.1) is 0 Å². The second-order valence-electron chi connectivity index (χ2n) is 6.00. The summed E-state index contributed by atoms with van der Waals surface area (Å²) in [5.41, 5.74) is 2.10. The number of hydrogen-bond acceptors (Lipinski definition) is 3. The second kappa shape index (κ2) is 8.57. The number of nitrogens with one attached hydrogen (secondary N) is 2. The maximum atomic E-state index is 12.1. The highest BCUT2D eigenvalue weighted by atomic mass is 16.1. The fourth-order valence-electron chi connectivity index (χ4n) is 2.54. The molecular weight excluding hydrogens is 274 g/mol. The fraction of sp³-hybridized carbons (Fsp3) is 0.556. The Kier molecular flexibility index (Phi) is 6.44. The Hall–Kier alpha value is -1.84. The number of pyridine rings is 1. The zero-order valence-electron chi connectivity index (χ0n) is 13.7. The quantitative estimate of drug-likeness (QED) is 0.751. The molecule has 1 aromatic heterocycles. The Morgan fingerprint density at radius 2 is 2.23 bits per heavy atom. The van der Waals surface area contributed by atoms with E-state index in [4.69, 9.17) is 0 Å². The van der Waals surface area contributed by atoms with Crippen molar-refractivity contribution in [2.24, 2.45) is 0 Å². The number of amides is 1. The molecule has 0 saturated heterocycles. The van der Waals surface area contributed by atoms with Crippen LogP contribution in [0.25, 0.3) is 0 Å². The van der Waals surface area contributed by atoms with Crippen molar-refractivity contribution in [3.63, 3.8) is 0 Å². The Balaban J connectivity index is 1.78. The molecule has 0 radical (unpaired) electrons. The van der Waals surface area contributed by atoms with Crippen molar-refractivity contribution in [3.05, 3.63) is 35.5 Å². The lowest BCUT2D eigenvalue weighted by molar-refractivity contribution is 0.0953. The van der Waals surface area contributed by atoms with E-state index in [1.54, 1.807) is 6.20 Å². The number of hydrogen-bond donors (Lipinski definition) is 2. The van der Waals surface area contributed by atoms with Crippen LogP contribution in [0.4, 0.5) is 5.82 Å². The molecule has 1 heterocycles. The molecule has 0 saturated carbocycles. The van der Waals surface area contributed by atoms with Crippen molar-refractivity contribution in [1.82, 2.24) is 10.3 Å². The van der Waals surface area contributed by atoms with Gasteiger partial charge in [0.1, 0.15) is 5.82 Å². The standard InChI is InChI=1S/C18H27N3O/c1-3-14(2)21-17-10-9-16(13-20-17)18(22)19-12-11-15-7-5-4-6-8-15/h7,9-10,13-14H,3-6,8,11-12H2,1-2H3,(H,19,22)(H,20,21). The topological polar surface area (TPSA) is 54.0 Å². The summed E-state index contributed by atoms with van der Waals surface area (Å²) in [6.45, 7) is 4.95. The van der Waals surface area contributed by atoms with E-state index in [2.05, 4.69) is 35.5 Å². The summed E-state index contributed by atoms with van der Waals surface area (Å²) in [4.78, 5) is 16.4. The van der Waals surface area contributed by atoms with Gasteiger partial charge in [-0.1, -0.05) is 18.6 Å². The highest BCUT2D eigenvalue weighted by molar-refractivity contribution is 5.94. The van der Waals surface area contributed by atoms with Crippen LogP contribution in [0.5, 0.6) is 0 Å². The second-order valence-corrected chi connectivity index (χ2v) is 6.00. The van der Waals surface area contributed by atoms with Gasteiger partial charge in [-0.25, -0.2) is 4.98 Å². The maximum absolute atomic E-state index is 12.1. The number of allylic oxidation sites excluding steroid dienone is 1. The zero-order valence-corrected chi connectivity index (χ0v) is 13.7. The van der Waals surface area contributed by atoms with Gasteiger partial charge in [0.2, 0.25) is 0 Å². The van der Waals surface area contributed by atoms with Crippen LogP contribution in [0.1, 0.15) is 62.7 Å². The molecule has 1 aromatic rings. The predicted molar refractivity (Wildman–Crippen MR) is 91.1 cm³/mol. The summed E-state index contributed by atoms with van der Waals surface area (Å²) in [6.07, 6.45) is 10.9. The van der Waals surface area contributed by atoms with Gasteiger partial charge in [0.05, 0.1) is 5.56 Å². The maximum Gasteiger partial charge on any atom is 0.252 e. The van der Waals surface area contributed by atoms with Gasteiger partial charge >= 0.3 is 0 Å². The van der Waals surface area contributed by atoms with Crippen LogP contribution >= 0.6 is 0 Å². The van der Waals surface area contributed by atoms with E-state index < -0.39 is 0 Å². The smallest absolute Gasteiger partial charge is 0.252 e. The molecule has 120 valence electrons. The summed E-state index contributed by atoms with van der Waals surface area (Å²) < 4.78 is 0. The van der Waals surface area contributed by atoms with Gasteiger partial charge in [0.25, 0.3) is 5.91 Å². The van der Waals surface area contributed by atoms with Gasteiger partial charge in [-0.15, -0.1) is 0 Å². The molecule has 0 fully saturated rings. The van der Waals surface area contributed by atoms with Crippen LogP contribution < -0.4 is 10.6 Å². The average Bonchev–Trinajstić information content (AvgIpc) is 2.56. The first-order valence-corrected chi connectivity index (χ1v) is 8.37. The Morgan fingerprint density at radius 3 is 2.86 bits per heavy atom. The molecule has 1 amide bonds. The Bertz CT molecular complexity index is 508. The molecule has 4 nitrogen and oxygen atoms in total. The number of anilines is 1. The molecule has 1 aliphatic rings. The number of carbonyl (C=O) groups is 1. The third-order valence-electron chi connectivity index (χ3n) is 4.15. The van der Waals surface area contributed by atoms with E-state index in [1.165, 1.54) is 31.3 Å². The highest BCUT2D eigenvalue weighted by Gasteiger charge is 2.08. The van der Waals surface area contributed by atoms with Gasteiger partial charge in [-0.05, 0) is 57.6 Å². The van der Waals surface area contributed by atoms with Crippen LogP contribution in [0.15, 0.2) is 30.0 Å². The van der Waals surface area contributed by atoms with Crippen molar-refractivity contribution >= 4 is 11.7 Å². The Labute approximate surface area is 133 Å². The van der Waals surface area contributed by atoms with Gasteiger partial charge in [0.15, 0.2) is 0 Å². The summed E-state index contributed by atoms with van der Waals surface area (Å²) in [5, 5.41) is 6.27.